The molecular formula is C18H21N5O. The SMILES string of the molecule is CC[C@H](Nc1cncc(-c2nncn2C)c1)c1ccc(OC)cc1. The summed E-state index contributed by atoms with van der Waals surface area (Å²) in [7, 11) is 3.59. The van der Waals surface area contributed by atoms with Gasteiger partial charge in [0.25, 0.3) is 0 Å². The first-order chi connectivity index (χ1) is 11.7. The van der Waals surface area contributed by atoms with Gasteiger partial charge in [0.15, 0.2) is 5.82 Å². The van der Waals surface area contributed by atoms with Crippen LogP contribution < -0.4 is 10.1 Å². The second kappa shape index (κ2) is 7.12. The van der Waals surface area contributed by atoms with Gasteiger partial charge in [0.05, 0.1) is 18.8 Å². The van der Waals surface area contributed by atoms with E-state index in [2.05, 4.69) is 39.6 Å². The number of hydrogen-bond acceptors (Lipinski definition) is 5. The summed E-state index contributed by atoms with van der Waals surface area (Å²) in [5.74, 6) is 1.66. The molecule has 6 heteroatoms. The number of hydrogen-bond donors (Lipinski definition) is 1. The minimum atomic E-state index is 0.201. The summed E-state index contributed by atoms with van der Waals surface area (Å²) < 4.78 is 7.10. The summed E-state index contributed by atoms with van der Waals surface area (Å²) >= 11 is 0. The second-order valence-electron chi connectivity index (χ2n) is 5.61. The Morgan fingerprint density at radius 1 is 1.21 bits per heavy atom. The zero-order valence-electron chi connectivity index (χ0n) is 14.1. The lowest BCUT2D eigenvalue weighted by Gasteiger charge is -2.19. The van der Waals surface area contributed by atoms with Gasteiger partial charge in [-0.2, -0.15) is 0 Å². The molecule has 3 aromatic rings. The van der Waals surface area contributed by atoms with Gasteiger partial charge >= 0.3 is 0 Å². The van der Waals surface area contributed by atoms with Crippen molar-refractivity contribution in [3.8, 4) is 17.1 Å². The van der Waals surface area contributed by atoms with Gasteiger partial charge in [-0.15, -0.1) is 10.2 Å². The lowest BCUT2D eigenvalue weighted by Crippen LogP contribution is -2.10. The fourth-order valence-corrected chi connectivity index (χ4v) is 2.64. The molecule has 0 aliphatic carbocycles. The summed E-state index contributed by atoms with van der Waals surface area (Å²) in [6.45, 7) is 2.15. The lowest BCUT2D eigenvalue weighted by atomic mass is 10.0. The highest BCUT2D eigenvalue weighted by molar-refractivity contribution is 5.60. The quantitative estimate of drug-likeness (QED) is 0.752. The Balaban J connectivity index is 1.82. The largest absolute Gasteiger partial charge is 0.497 e. The highest BCUT2D eigenvalue weighted by Gasteiger charge is 2.11. The minimum absolute atomic E-state index is 0.201. The molecule has 2 heterocycles. The predicted molar refractivity (Wildman–Crippen MR) is 93.9 cm³/mol. The molecule has 124 valence electrons. The average molecular weight is 323 g/mol. The first-order valence-electron chi connectivity index (χ1n) is 7.91. The van der Waals surface area contributed by atoms with Crippen LogP contribution in [-0.4, -0.2) is 26.9 Å². The number of benzene rings is 1. The van der Waals surface area contributed by atoms with Gasteiger partial charge < -0.3 is 14.6 Å². The van der Waals surface area contributed by atoms with Crippen molar-refractivity contribution in [2.24, 2.45) is 7.05 Å². The van der Waals surface area contributed by atoms with Gasteiger partial charge in [-0.1, -0.05) is 19.1 Å². The van der Waals surface area contributed by atoms with Crippen molar-refractivity contribution in [3.63, 3.8) is 0 Å². The number of rotatable bonds is 6. The van der Waals surface area contributed by atoms with E-state index in [0.717, 1.165) is 29.2 Å². The van der Waals surface area contributed by atoms with Crippen molar-refractivity contribution in [1.29, 1.82) is 0 Å². The maximum atomic E-state index is 5.22. The van der Waals surface area contributed by atoms with Gasteiger partial charge in [0.1, 0.15) is 12.1 Å². The van der Waals surface area contributed by atoms with Gasteiger partial charge in [0, 0.05) is 25.0 Å². The Hall–Kier alpha value is -2.89. The topological polar surface area (TPSA) is 64.9 Å². The Kier molecular flexibility index (Phi) is 4.74. The molecular weight excluding hydrogens is 302 g/mol. The molecule has 6 nitrogen and oxygen atoms in total. The number of pyridine rings is 1. The first kappa shape index (κ1) is 16.0. The van der Waals surface area contributed by atoms with Gasteiger partial charge in [-0.05, 0) is 30.2 Å². The van der Waals surface area contributed by atoms with E-state index in [1.54, 1.807) is 19.6 Å². The number of aryl methyl sites for hydroxylation is 1. The normalized spacial score (nSPS) is 12.0. The third-order valence-electron chi connectivity index (χ3n) is 3.98. The molecule has 3 rings (SSSR count). The van der Waals surface area contributed by atoms with Crippen molar-refractivity contribution in [2.45, 2.75) is 19.4 Å². The molecule has 0 saturated heterocycles. The van der Waals surface area contributed by atoms with E-state index < -0.39 is 0 Å². The monoisotopic (exact) mass is 323 g/mol. The molecule has 24 heavy (non-hydrogen) atoms. The molecule has 0 saturated carbocycles. The van der Waals surface area contributed by atoms with Crippen LogP contribution in [0, 0.1) is 0 Å². The van der Waals surface area contributed by atoms with Crippen LogP contribution in [-0.2, 0) is 7.05 Å². The lowest BCUT2D eigenvalue weighted by molar-refractivity contribution is 0.414. The van der Waals surface area contributed by atoms with E-state index in [1.165, 1.54) is 5.56 Å². The minimum Gasteiger partial charge on any atom is -0.497 e. The highest BCUT2D eigenvalue weighted by atomic mass is 16.5. The Labute approximate surface area is 141 Å². The maximum absolute atomic E-state index is 5.22. The molecule has 0 bridgehead atoms. The molecule has 2 aromatic heterocycles. The van der Waals surface area contributed by atoms with E-state index in [9.17, 15) is 0 Å². The van der Waals surface area contributed by atoms with Crippen LogP contribution >= 0.6 is 0 Å². The number of anilines is 1. The first-order valence-corrected chi connectivity index (χ1v) is 7.91. The van der Waals surface area contributed by atoms with E-state index >= 15 is 0 Å². The molecule has 1 N–H and O–H groups in total. The van der Waals surface area contributed by atoms with Crippen LogP contribution in [0.3, 0.4) is 0 Å². The van der Waals surface area contributed by atoms with Crippen LogP contribution in [0.15, 0.2) is 49.1 Å². The Morgan fingerprint density at radius 2 is 2.00 bits per heavy atom. The second-order valence-corrected chi connectivity index (χ2v) is 5.61. The van der Waals surface area contributed by atoms with E-state index in [0.29, 0.717) is 0 Å². The number of aromatic nitrogens is 4. The van der Waals surface area contributed by atoms with Crippen LogP contribution in [0.1, 0.15) is 24.9 Å². The Morgan fingerprint density at radius 3 is 2.62 bits per heavy atom. The smallest absolute Gasteiger partial charge is 0.165 e. The van der Waals surface area contributed by atoms with Crippen molar-refractivity contribution in [1.82, 2.24) is 19.7 Å². The third kappa shape index (κ3) is 3.37. The average Bonchev–Trinajstić information content (AvgIpc) is 3.06. The molecule has 0 radical (unpaired) electrons. The van der Waals surface area contributed by atoms with Crippen LogP contribution in [0.4, 0.5) is 5.69 Å². The standard InChI is InChI=1S/C18H21N5O/c1-4-17(13-5-7-16(24-3)8-6-13)21-15-9-14(10-19-11-15)18-22-20-12-23(18)2/h5-12,17,21H,4H2,1-3H3/t17-/m0/s1. The molecule has 0 unspecified atom stereocenters. The van der Waals surface area contributed by atoms with Crippen molar-refractivity contribution < 1.29 is 4.74 Å². The van der Waals surface area contributed by atoms with Gasteiger partial charge in [0.2, 0.25) is 0 Å². The van der Waals surface area contributed by atoms with Crippen LogP contribution in [0.25, 0.3) is 11.4 Å². The Bertz CT molecular complexity index is 797. The van der Waals surface area contributed by atoms with E-state index in [4.69, 9.17) is 4.74 Å². The summed E-state index contributed by atoms with van der Waals surface area (Å²) in [6.07, 6.45) is 6.26. The predicted octanol–water partition coefficient (Wildman–Crippen LogP) is 3.45. The highest BCUT2D eigenvalue weighted by Crippen LogP contribution is 2.26. The van der Waals surface area contributed by atoms with Crippen LogP contribution in [0.5, 0.6) is 5.75 Å². The molecule has 0 fully saturated rings. The number of ether oxygens (including phenoxy) is 1. The fourth-order valence-electron chi connectivity index (χ4n) is 2.64. The maximum Gasteiger partial charge on any atom is 0.165 e. The number of nitrogens with zero attached hydrogens (tertiary/aromatic N) is 4. The molecule has 0 aliphatic rings. The number of nitrogens with one attached hydrogen (secondary N) is 1. The number of methoxy groups -OCH3 is 1. The van der Waals surface area contributed by atoms with Crippen molar-refractivity contribution in [2.75, 3.05) is 12.4 Å². The third-order valence-corrected chi connectivity index (χ3v) is 3.98. The van der Waals surface area contributed by atoms with Crippen molar-refractivity contribution in [3.05, 3.63) is 54.6 Å². The van der Waals surface area contributed by atoms with Gasteiger partial charge in [-0.3, -0.25) is 4.98 Å². The molecule has 0 aliphatic heterocycles. The molecule has 0 spiro atoms. The fraction of sp³-hybridized carbons (Fsp3) is 0.278. The van der Waals surface area contributed by atoms with E-state index in [-0.39, 0.29) is 6.04 Å². The molecule has 0 amide bonds. The molecule has 1 atom stereocenters. The summed E-state index contributed by atoms with van der Waals surface area (Å²) in [5, 5.41) is 11.6. The summed E-state index contributed by atoms with van der Waals surface area (Å²) in [5.41, 5.74) is 3.10. The zero-order chi connectivity index (χ0) is 16.9. The van der Waals surface area contributed by atoms with Crippen molar-refractivity contribution >= 4 is 5.69 Å². The van der Waals surface area contributed by atoms with E-state index in [1.807, 2.05) is 36.0 Å². The van der Waals surface area contributed by atoms with Crippen LogP contribution in [0.2, 0.25) is 0 Å². The van der Waals surface area contributed by atoms with Gasteiger partial charge in [-0.25, -0.2) is 0 Å². The zero-order valence-corrected chi connectivity index (χ0v) is 14.1. The molecule has 1 aromatic carbocycles. The summed E-state index contributed by atoms with van der Waals surface area (Å²) in [4.78, 5) is 4.33. The summed E-state index contributed by atoms with van der Waals surface area (Å²) in [6, 6.07) is 10.4.